The van der Waals surface area contributed by atoms with Crippen LogP contribution in [0.3, 0.4) is 0 Å². The van der Waals surface area contributed by atoms with E-state index >= 15 is 0 Å². The first-order chi connectivity index (χ1) is 10.2. The summed E-state index contributed by atoms with van der Waals surface area (Å²) in [7, 11) is 0. The van der Waals surface area contributed by atoms with Crippen molar-refractivity contribution in [1.82, 2.24) is 14.5 Å². The monoisotopic (exact) mass is 345 g/mol. The Hall–Kier alpha value is -2.01. The maximum atomic E-state index is 13.3. The maximum absolute atomic E-state index is 13.3. The van der Waals surface area contributed by atoms with Gasteiger partial charge >= 0.3 is 0 Å². The van der Waals surface area contributed by atoms with Crippen LogP contribution in [-0.4, -0.2) is 14.5 Å². The van der Waals surface area contributed by atoms with E-state index in [-0.39, 0.29) is 5.82 Å². The summed E-state index contributed by atoms with van der Waals surface area (Å²) in [4.78, 5) is 8.42. The first-order valence-corrected chi connectivity index (χ1v) is 7.34. The Morgan fingerprint density at radius 2 is 1.86 bits per heavy atom. The number of aromatic nitrogens is 3. The van der Waals surface area contributed by atoms with E-state index in [0.29, 0.717) is 11.0 Å². The van der Waals surface area contributed by atoms with Gasteiger partial charge in [-0.3, -0.25) is 4.98 Å². The summed E-state index contributed by atoms with van der Waals surface area (Å²) in [5, 5.41) is 0. The van der Waals surface area contributed by atoms with E-state index < -0.39 is 0 Å². The molecule has 0 atom stereocenters. The third-order valence-electron chi connectivity index (χ3n) is 3.25. The van der Waals surface area contributed by atoms with Crippen molar-refractivity contribution >= 4 is 15.9 Å². The van der Waals surface area contributed by atoms with Gasteiger partial charge < -0.3 is 4.57 Å². The predicted molar refractivity (Wildman–Crippen MR) is 82.5 cm³/mol. The lowest BCUT2D eigenvalue weighted by atomic mass is 10.2. The molecule has 0 unspecified atom stereocenters. The van der Waals surface area contributed by atoms with E-state index in [1.54, 1.807) is 30.7 Å². The minimum Gasteiger partial charge on any atom is -0.330 e. The first kappa shape index (κ1) is 13.9. The van der Waals surface area contributed by atoms with Gasteiger partial charge in [-0.2, -0.15) is 0 Å². The van der Waals surface area contributed by atoms with Crippen molar-refractivity contribution in [2.75, 3.05) is 0 Å². The van der Waals surface area contributed by atoms with Crippen molar-refractivity contribution in [3.8, 4) is 0 Å². The highest BCUT2D eigenvalue weighted by Crippen LogP contribution is 2.18. The molecule has 0 radical (unpaired) electrons. The van der Waals surface area contributed by atoms with Crippen molar-refractivity contribution in [1.29, 1.82) is 0 Å². The Bertz CT molecular complexity index is 740. The van der Waals surface area contributed by atoms with Gasteiger partial charge in [0, 0.05) is 37.8 Å². The lowest BCUT2D eigenvalue weighted by molar-refractivity contribution is 0.619. The fourth-order valence-electron chi connectivity index (χ4n) is 2.17. The topological polar surface area (TPSA) is 30.7 Å². The fraction of sp³-hybridized carbons (Fsp3) is 0.125. The smallest absolute Gasteiger partial charge is 0.137 e. The van der Waals surface area contributed by atoms with E-state index in [1.807, 2.05) is 18.3 Å². The minimum absolute atomic E-state index is 0.249. The molecule has 0 bridgehead atoms. The van der Waals surface area contributed by atoms with Crippen molar-refractivity contribution in [3.05, 3.63) is 82.4 Å². The molecule has 3 nitrogen and oxygen atoms in total. The average molecular weight is 346 g/mol. The van der Waals surface area contributed by atoms with Crippen LogP contribution in [0.2, 0.25) is 0 Å². The molecule has 0 saturated heterocycles. The molecule has 0 saturated carbocycles. The van der Waals surface area contributed by atoms with Gasteiger partial charge in [-0.15, -0.1) is 0 Å². The molecule has 106 valence electrons. The van der Waals surface area contributed by atoms with Crippen LogP contribution in [-0.2, 0) is 13.0 Å². The van der Waals surface area contributed by atoms with Gasteiger partial charge in [0.1, 0.15) is 11.6 Å². The van der Waals surface area contributed by atoms with Crippen LogP contribution in [0.1, 0.15) is 17.0 Å². The molecule has 0 N–H and O–H groups in total. The fourth-order valence-corrected chi connectivity index (χ4v) is 2.60. The molecular formula is C16H13BrFN3. The highest BCUT2D eigenvalue weighted by molar-refractivity contribution is 9.10. The molecule has 0 amide bonds. The van der Waals surface area contributed by atoms with Crippen LogP contribution in [0.15, 0.2) is 59.6 Å². The summed E-state index contributed by atoms with van der Waals surface area (Å²) in [6.07, 6.45) is 8.03. The van der Waals surface area contributed by atoms with Gasteiger partial charge in [-0.25, -0.2) is 9.37 Å². The highest BCUT2D eigenvalue weighted by atomic mass is 79.9. The van der Waals surface area contributed by atoms with E-state index in [1.165, 1.54) is 6.07 Å². The van der Waals surface area contributed by atoms with Crippen LogP contribution in [0.25, 0.3) is 0 Å². The first-order valence-electron chi connectivity index (χ1n) is 6.55. The molecule has 3 rings (SSSR count). The van der Waals surface area contributed by atoms with Crippen molar-refractivity contribution in [2.24, 2.45) is 0 Å². The zero-order valence-electron chi connectivity index (χ0n) is 11.2. The number of imidazole rings is 1. The van der Waals surface area contributed by atoms with Gasteiger partial charge in [0.2, 0.25) is 0 Å². The Labute approximate surface area is 130 Å². The van der Waals surface area contributed by atoms with Crippen LogP contribution >= 0.6 is 15.9 Å². The van der Waals surface area contributed by atoms with Crippen LogP contribution in [0, 0.1) is 5.82 Å². The minimum atomic E-state index is -0.249. The van der Waals surface area contributed by atoms with Crippen LogP contribution < -0.4 is 0 Å². The third-order valence-corrected chi connectivity index (χ3v) is 3.86. The second-order valence-corrected chi connectivity index (χ2v) is 5.61. The Morgan fingerprint density at radius 3 is 2.62 bits per heavy atom. The van der Waals surface area contributed by atoms with Crippen molar-refractivity contribution in [2.45, 2.75) is 13.0 Å². The summed E-state index contributed by atoms with van der Waals surface area (Å²) >= 11 is 3.22. The Kier molecular flexibility index (Phi) is 4.10. The molecule has 0 aliphatic rings. The number of hydrogen-bond donors (Lipinski definition) is 0. The predicted octanol–water partition coefficient (Wildman–Crippen LogP) is 3.82. The third kappa shape index (κ3) is 3.36. The van der Waals surface area contributed by atoms with Crippen molar-refractivity contribution < 1.29 is 4.39 Å². The molecule has 21 heavy (non-hydrogen) atoms. The number of benzene rings is 1. The van der Waals surface area contributed by atoms with Gasteiger partial charge in [0.25, 0.3) is 0 Å². The lowest BCUT2D eigenvalue weighted by Gasteiger charge is -2.09. The molecule has 0 aliphatic heterocycles. The number of hydrogen-bond acceptors (Lipinski definition) is 2. The molecule has 5 heteroatoms. The molecule has 0 fully saturated rings. The summed E-state index contributed by atoms with van der Waals surface area (Å²) in [5.41, 5.74) is 2.19. The van der Waals surface area contributed by atoms with Crippen LogP contribution in [0.5, 0.6) is 0 Å². The number of halogens is 2. The molecule has 2 heterocycles. The van der Waals surface area contributed by atoms with E-state index in [2.05, 4.69) is 30.5 Å². The second kappa shape index (κ2) is 6.18. The number of rotatable bonds is 4. The summed E-state index contributed by atoms with van der Waals surface area (Å²) in [6, 6.07) is 9.02. The second-order valence-electron chi connectivity index (χ2n) is 4.75. The van der Waals surface area contributed by atoms with Gasteiger partial charge in [0.15, 0.2) is 0 Å². The largest absolute Gasteiger partial charge is 0.330 e. The Balaban J connectivity index is 1.80. The number of pyridine rings is 1. The molecule has 1 aromatic carbocycles. The zero-order valence-corrected chi connectivity index (χ0v) is 12.8. The molecule has 0 aliphatic carbocycles. The van der Waals surface area contributed by atoms with Crippen molar-refractivity contribution in [3.63, 3.8) is 0 Å². The Morgan fingerprint density at radius 1 is 1.05 bits per heavy atom. The quantitative estimate of drug-likeness (QED) is 0.719. The van der Waals surface area contributed by atoms with E-state index in [4.69, 9.17) is 0 Å². The zero-order chi connectivity index (χ0) is 14.7. The summed E-state index contributed by atoms with van der Waals surface area (Å²) < 4.78 is 15.8. The van der Waals surface area contributed by atoms with Crippen LogP contribution in [0.4, 0.5) is 4.39 Å². The van der Waals surface area contributed by atoms with Gasteiger partial charge in [-0.1, -0.05) is 6.07 Å². The SMILES string of the molecule is Fc1ccc(Cn2ccnc2Cc2ccncc2)cc1Br. The normalized spacial score (nSPS) is 10.8. The molecule has 2 aromatic heterocycles. The summed E-state index contributed by atoms with van der Waals surface area (Å²) in [5.74, 6) is 0.725. The van der Waals surface area contributed by atoms with Gasteiger partial charge in [0.05, 0.1) is 4.47 Å². The maximum Gasteiger partial charge on any atom is 0.137 e. The van der Waals surface area contributed by atoms with Gasteiger partial charge in [-0.05, 0) is 51.3 Å². The van der Waals surface area contributed by atoms with E-state index in [0.717, 1.165) is 23.4 Å². The summed E-state index contributed by atoms with van der Waals surface area (Å²) in [6.45, 7) is 0.666. The highest BCUT2D eigenvalue weighted by Gasteiger charge is 2.06. The average Bonchev–Trinajstić information content (AvgIpc) is 2.91. The molecule has 3 aromatic rings. The lowest BCUT2D eigenvalue weighted by Crippen LogP contribution is -2.05. The number of nitrogens with zero attached hydrogens (tertiary/aromatic N) is 3. The standard InChI is InChI=1S/C16H13BrFN3/c17-14-9-13(1-2-15(14)18)11-21-8-7-20-16(21)10-12-3-5-19-6-4-12/h1-9H,10-11H2. The molecular weight excluding hydrogens is 333 g/mol. The van der Waals surface area contributed by atoms with E-state index in [9.17, 15) is 4.39 Å². The molecule has 0 spiro atoms.